The molecule has 1 saturated carbocycles. The lowest BCUT2D eigenvalue weighted by Crippen LogP contribution is -2.28. The molecule has 0 spiro atoms. The second-order valence-electron chi connectivity index (χ2n) is 4.12. The van der Waals surface area contributed by atoms with Crippen molar-refractivity contribution in [1.82, 2.24) is 0 Å². The van der Waals surface area contributed by atoms with E-state index in [1.807, 2.05) is 0 Å². The zero-order chi connectivity index (χ0) is 11.0. The summed E-state index contributed by atoms with van der Waals surface area (Å²) in [7, 11) is 5.08. The molecule has 1 aliphatic heterocycles. The van der Waals surface area contributed by atoms with Gasteiger partial charge in [0.2, 0.25) is 0 Å². The highest BCUT2D eigenvalue weighted by Crippen LogP contribution is 2.43. The Bertz CT molecular complexity index is 263. The predicted octanol–water partition coefficient (Wildman–Crippen LogP) is 0.0506. The van der Waals surface area contributed by atoms with Gasteiger partial charge in [-0.25, -0.2) is 0 Å². The quantitative estimate of drug-likeness (QED) is 0.435. The molecule has 2 fully saturated rings. The molecule has 1 saturated heterocycles. The summed E-state index contributed by atoms with van der Waals surface area (Å²) in [6, 6.07) is 0. The van der Waals surface area contributed by atoms with Crippen LogP contribution in [0.4, 0.5) is 0 Å². The van der Waals surface area contributed by atoms with Crippen LogP contribution in [0.5, 0.6) is 0 Å². The van der Waals surface area contributed by atoms with Gasteiger partial charge in [0.1, 0.15) is 6.10 Å². The molecule has 4 nitrogen and oxygen atoms in total. The first-order valence-electron chi connectivity index (χ1n) is 5.08. The summed E-state index contributed by atoms with van der Waals surface area (Å²) < 4.78 is 10.8. The van der Waals surface area contributed by atoms with Crippen LogP contribution >= 0.6 is 18.2 Å². The van der Waals surface area contributed by atoms with Crippen molar-refractivity contribution in [3.63, 3.8) is 0 Å². The van der Waals surface area contributed by atoms with Gasteiger partial charge in [0.15, 0.2) is 0 Å². The maximum absolute atomic E-state index is 11.1. The van der Waals surface area contributed by atoms with E-state index in [9.17, 15) is 9.90 Å². The Hall–Kier alpha value is 0.315. The van der Waals surface area contributed by atoms with Crippen LogP contribution in [0, 0.1) is 11.8 Å². The van der Waals surface area contributed by atoms with Gasteiger partial charge in [-0.2, -0.15) is 0 Å². The molecule has 0 aromatic rings. The number of fused-ring (bicyclic) bond motifs is 1. The van der Waals surface area contributed by atoms with Crippen LogP contribution in [0.25, 0.3) is 0 Å². The largest absolute Gasteiger partial charge is 0.462 e. The molecule has 2 aliphatic rings. The third-order valence-electron chi connectivity index (χ3n) is 3.20. The normalized spacial score (nSPS) is 39.0. The molecule has 7 heteroatoms. The fourth-order valence-electron chi connectivity index (χ4n) is 2.57. The first-order valence-corrected chi connectivity index (χ1v) is 6.42. The van der Waals surface area contributed by atoms with Crippen molar-refractivity contribution in [2.45, 2.75) is 25.0 Å². The SMILES string of the molecule is O=C1CC2C(CC(OB(P)P)C2CO)O1. The highest BCUT2D eigenvalue weighted by atomic mass is 31.1. The fourth-order valence-corrected chi connectivity index (χ4v) is 2.97. The summed E-state index contributed by atoms with van der Waals surface area (Å²) in [6.45, 7) is 0.0600. The van der Waals surface area contributed by atoms with Crippen LogP contribution in [-0.4, -0.2) is 36.2 Å². The van der Waals surface area contributed by atoms with Crippen molar-refractivity contribution in [3.8, 4) is 0 Å². The molecule has 0 aromatic carbocycles. The Morgan fingerprint density at radius 3 is 2.93 bits per heavy atom. The van der Waals surface area contributed by atoms with Gasteiger partial charge in [0.05, 0.1) is 6.42 Å². The van der Waals surface area contributed by atoms with E-state index in [0.29, 0.717) is 12.8 Å². The summed E-state index contributed by atoms with van der Waals surface area (Å²) in [5.74, 6) is 0.0292. The first-order chi connectivity index (χ1) is 7.11. The minimum Gasteiger partial charge on any atom is -0.462 e. The molecule has 84 valence electrons. The average Bonchev–Trinajstić information content (AvgIpc) is 2.59. The number of carbonyl (C=O) groups is 1. The standard InChI is InChI=1S/C8H15BO4P2/c10-3-5-4-1-8(11)12-6(4)2-7(5)13-9(14)15/h4-7,10H,1-3,14-15H2. The second kappa shape index (κ2) is 4.67. The molecular formula is C8H15BO4P2. The smallest absolute Gasteiger partial charge is 0.336 e. The molecule has 0 radical (unpaired) electrons. The van der Waals surface area contributed by atoms with Gasteiger partial charge in [-0.3, -0.25) is 4.79 Å². The second-order valence-corrected chi connectivity index (χ2v) is 6.20. The third-order valence-corrected chi connectivity index (χ3v) is 3.51. The minimum absolute atomic E-state index is 0.00176. The summed E-state index contributed by atoms with van der Waals surface area (Å²) in [6.07, 6.45) is 1.07. The fraction of sp³-hybridized carbons (Fsp3) is 0.875. The van der Waals surface area contributed by atoms with E-state index < -0.39 is 0 Å². The molecule has 1 N–H and O–H groups in total. The molecule has 2 rings (SSSR count). The molecule has 6 unspecified atom stereocenters. The number of hydrogen-bond donors (Lipinski definition) is 1. The van der Waals surface area contributed by atoms with Gasteiger partial charge in [0, 0.05) is 31.0 Å². The Morgan fingerprint density at radius 2 is 2.33 bits per heavy atom. The lowest BCUT2D eigenvalue weighted by atomic mass is 9.93. The number of aliphatic hydroxyl groups excluding tert-OH is 1. The van der Waals surface area contributed by atoms with E-state index in [1.165, 1.54) is 0 Å². The van der Waals surface area contributed by atoms with Crippen LogP contribution < -0.4 is 0 Å². The first kappa shape index (κ1) is 11.8. The Labute approximate surface area is 93.9 Å². The van der Waals surface area contributed by atoms with Crippen LogP contribution in [0.2, 0.25) is 0 Å². The van der Waals surface area contributed by atoms with Gasteiger partial charge in [-0.1, -0.05) is 0 Å². The lowest BCUT2D eigenvalue weighted by Gasteiger charge is -2.22. The predicted molar refractivity (Wildman–Crippen MR) is 63.2 cm³/mol. The molecular weight excluding hydrogens is 233 g/mol. The van der Waals surface area contributed by atoms with E-state index in [0.717, 1.165) is 0 Å². The van der Waals surface area contributed by atoms with E-state index in [1.54, 1.807) is 0 Å². The molecule has 0 bridgehead atoms. The van der Waals surface area contributed by atoms with Gasteiger partial charge in [-0.05, 0) is 0 Å². The van der Waals surface area contributed by atoms with Crippen LogP contribution in [0.1, 0.15) is 12.8 Å². The van der Waals surface area contributed by atoms with Crippen LogP contribution in [-0.2, 0) is 14.2 Å². The topological polar surface area (TPSA) is 55.8 Å². The minimum atomic E-state index is -0.143. The van der Waals surface area contributed by atoms with Gasteiger partial charge in [0.25, 0.3) is 0 Å². The van der Waals surface area contributed by atoms with Crippen molar-refractivity contribution in [1.29, 1.82) is 0 Å². The van der Waals surface area contributed by atoms with Crippen LogP contribution in [0.3, 0.4) is 0 Å². The Kier molecular flexibility index (Phi) is 3.67. The molecule has 6 atom stereocenters. The van der Waals surface area contributed by atoms with Crippen molar-refractivity contribution >= 4 is 30.6 Å². The Balaban J connectivity index is 2.03. The van der Waals surface area contributed by atoms with Crippen molar-refractivity contribution < 1.29 is 19.3 Å². The average molecular weight is 248 g/mol. The number of hydrogen-bond acceptors (Lipinski definition) is 4. The summed E-state index contributed by atoms with van der Waals surface area (Å²) in [4.78, 5) is 11.1. The van der Waals surface area contributed by atoms with E-state index in [-0.39, 0.29) is 43.0 Å². The maximum atomic E-state index is 11.1. The summed E-state index contributed by atoms with van der Waals surface area (Å²) >= 11 is 0. The highest BCUT2D eigenvalue weighted by molar-refractivity contribution is 7.92. The Morgan fingerprint density at radius 1 is 1.60 bits per heavy atom. The molecule has 0 amide bonds. The number of rotatable bonds is 3. The summed E-state index contributed by atoms with van der Waals surface area (Å²) in [5, 5.41) is 9.32. The van der Waals surface area contributed by atoms with Crippen LogP contribution in [0.15, 0.2) is 0 Å². The number of carbonyl (C=O) groups excluding carboxylic acids is 1. The molecule has 15 heavy (non-hydrogen) atoms. The van der Waals surface area contributed by atoms with Crippen molar-refractivity contribution in [2.75, 3.05) is 6.61 Å². The number of aliphatic hydroxyl groups is 1. The monoisotopic (exact) mass is 248 g/mol. The number of esters is 1. The van der Waals surface area contributed by atoms with Crippen molar-refractivity contribution in [3.05, 3.63) is 0 Å². The molecule has 1 aliphatic carbocycles. The molecule has 0 aromatic heterocycles. The van der Waals surface area contributed by atoms with Crippen molar-refractivity contribution in [2.24, 2.45) is 11.8 Å². The lowest BCUT2D eigenvalue weighted by molar-refractivity contribution is -0.141. The van der Waals surface area contributed by atoms with E-state index in [2.05, 4.69) is 18.2 Å². The zero-order valence-corrected chi connectivity index (χ0v) is 10.6. The van der Waals surface area contributed by atoms with Gasteiger partial charge in [-0.15, -0.1) is 18.2 Å². The number of ether oxygens (including phenoxy) is 1. The highest BCUT2D eigenvalue weighted by Gasteiger charge is 2.50. The zero-order valence-electron chi connectivity index (χ0n) is 8.33. The van der Waals surface area contributed by atoms with E-state index >= 15 is 0 Å². The van der Waals surface area contributed by atoms with Gasteiger partial charge >= 0.3 is 12.3 Å². The maximum Gasteiger partial charge on any atom is 0.336 e. The third kappa shape index (κ3) is 2.36. The van der Waals surface area contributed by atoms with Gasteiger partial charge < -0.3 is 14.5 Å². The van der Waals surface area contributed by atoms with E-state index in [4.69, 9.17) is 9.39 Å². The molecule has 1 heterocycles. The summed E-state index contributed by atoms with van der Waals surface area (Å²) in [5.41, 5.74) is 0.